The zero-order valence-corrected chi connectivity index (χ0v) is 17.7. The Labute approximate surface area is 173 Å². The molecule has 2 aromatic carbocycles. The summed E-state index contributed by atoms with van der Waals surface area (Å²) in [5.41, 5.74) is 3.49. The number of hydrogen-bond acceptors (Lipinski definition) is 2. The van der Waals surface area contributed by atoms with Gasteiger partial charge >= 0.3 is 6.18 Å². The van der Waals surface area contributed by atoms with Crippen molar-refractivity contribution in [3.63, 3.8) is 0 Å². The minimum absolute atomic E-state index is 0.0490. The van der Waals surface area contributed by atoms with Crippen LogP contribution in [0.4, 0.5) is 13.2 Å². The molecule has 158 valence electrons. The van der Waals surface area contributed by atoms with Crippen LogP contribution in [0.1, 0.15) is 62.8 Å². The zero-order chi connectivity index (χ0) is 21.8. The number of alkyl halides is 3. The maximum Gasteiger partial charge on any atom is 0.416 e. The first-order valence-electron chi connectivity index (χ1n) is 9.99. The molecule has 0 saturated heterocycles. The van der Waals surface area contributed by atoms with Crippen LogP contribution in [0.2, 0.25) is 0 Å². The Hall–Kier alpha value is -2.83. The lowest BCUT2D eigenvalue weighted by molar-refractivity contribution is -0.138. The van der Waals surface area contributed by atoms with Gasteiger partial charge in [0.2, 0.25) is 0 Å². The maximum absolute atomic E-state index is 13.5. The first-order chi connectivity index (χ1) is 14.0. The number of benzene rings is 2. The first-order valence-corrected chi connectivity index (χ1v) is 9.99. The Kier molecular flexibility index (Phi) is 4.67. The molecular weight excluding hydrogens is 389 g/mol. The Morgan fingerprint density at radius 3 is 2.40 bits per heavy atom. The van der Waals surface area contributed by atoms with Crippen LogP contribution < -0.4 is 0 Å². The summed E-state index contributed by atoms with van der Waals surface area (Å²) in [4.78, 5) is 0. The number of nitrogens with zero attached hydrogens (tertiary/aromatic N) is 3. The first kappa shape index (κ1) is 20.4. The van der Waals surface area contributed by atoms with Crippen molar-refractivity contribution >= 4 is 21.8 Å². The van der Waals surface area contributed by atoms with Gasteiger partial charge in [0.05, 0.1) is 35.5 Å². The van der Waals surface area contributed by atoms with E-state index in [1.54, 1.807) is 30.9 Å². The topological polar surface area (TPSA) is 46.5 Å². The van der Waals surface area contributed by atoms with Crippen molar-refractivity contribution < 1.29 is 13.2 Å². The molecule has 0 aliphatic rings. The molecule has 0 amide bonds. The predicted octanol–water partition coefficient (Wildman–Crippen LogP) is 6.40. The van der Waals surface area contributed by atoms with Crippen LogP contribution in [-0.4, -0.2) is 20.0 Å². The van der Waals surface area contributed by atoms with Crippen molar-refractivity contribution in [1.82, 2.24) is 20.0 Å². The van der Waals surface area contributed by atoms with E-state index in [1.807, 2.05) is 0 Å². The highest BCUT2D eigenvalue weighted by Gasteiger charge is 2.35. The summed E-state index contributed by atoms with van der Waals surface area (Å²) < 4.78 is 42.4. The fourth-order valence-corrected chi connectivity index (χ4v) is 4.02. The molecule has 0 bridgehead atoms. The second-order valence-corrected chi connectivity index (χ2v) is 9.13. The van der Waals surface area contributed by atoms with Crippen LogP contribution in [0.15, 0.2) is 36.7 Å². The van der Waals surface area contributed by atoms with Crippen molar-refractivity contribution in [3.8, 4) is 0 Å². The highest BCUT2D eigenvalue weighted by molar-refractivity contribution is 5.86. The van der Waals surface area contributed by atoms with E-state index in [0.717, 1.165) is 22.0 Å². The standard InChI is InChI=1S/C23H25F3N4/c1-13(2)21-17-11-28-30(20(17)7-6-18(21)23(24,25)26)12-14-8-15(22(3,4)5)9-19-16(14)10-27-29-19/h6-11,13H,12H2,1-5H3,(H,27,29). The lowest BCUT2D eigenvalue weighted by Gasteiger charge is -2.20. The van der Waals surface area contributed by atoms with Crippen LogP contribution in [0.3, 0.4) is 0 Å². The summed E-state index contributed by atoms with van der Waals surface area (Å²) in [5, 5.41) is 13.2. The second-order valence-electron chi connectivity index (χ2n) is 9.13. The monoisotopic (exact) mass is 414 g/mol. The van der Waals surface area contributed by atoms with Gasteiger partial charge in [0, 0.05) is 10.8 Å². The lowest BCUT2D eigenvalue weighted by atomic mass is 9.85. The van der Waals surface area contributed by atoms with Gasteiger partial charge in [-0.3, -0.25) is 9.78 Å². The minimum Gasteiger partial charge on any atom is -0.278 e. The van der Waals surface area contributed by atoms with E-state index < -0.39 is 11.7 Å². The smallest absolute Gasteiger partial charge is 0.278 e. The number of fused-ring (bicyclic) bond motifs is 2. The molecule has 30 heavy (non-hydrogen) atoms. The van der Waals surface area contributed by atoms with Gasteiger partial charge < -0.3 is 0 Å². The number of H-pyrrole nitrogens is 1. The van der Waals surface area contributed by atoms with Crippen molar-refractivity contribution in [2.45, 2.75) is 58.7 Å². The average Bonchev–Trinajstić information content (AvgIpc) is 3.26. The van der Waals surface area contributed by atoms with Gasteiger partial charge in [-0.2, -0.15) is 23.4 Å². The van der Waals surface area contributed by atoms with Crippen LogP contribution >= 0.6 is 0 Å². The highest BCUT2D eigenvalue weighted by atomic mass is 19.4. The molecule has 0 fully saturated rings. The molecule has 4 aromatic rings. The highest BCUT2D eigenvalue weighted by Crippen LogP contribution is 2.39. The Bertz CT molecular complexity index is 1220. The normalized spacial score (nSPS) is 13.1. The molecule has 2 heterocycles. The van der Waals surface area contributed by atoms with Crippen LogP contribution in [0.25, 0.3) is 21.8 Å². The van der Waals surface area contributed by atoms with E-state index in [4.69, 9.17) is 0 Å². The zero-order valence-electron chi connectivity index (χ0n) is 17.7. The molecule has 7 heteroatoms. The lowest BCUT2D eigenvalue weighted by Crippen LogP contribution is -2.13. The predicted molar refractivity (Wildman–Crippen MR) is 113 cm³/mol. The number of aromatic amines is 1. The van der Waals surface area contributed by atoms with E-state index in [-0.39, 0.29) is 11.3 Å². The number of rotatable bonds is 3. The molecule has 4 nitrogen and oxygen atoms in total. The van der Waals surface area contributed by atoms with E-state index in [1.165, 1.54) is 12.1 Å². The third kappa shape index (κ3) is 3.46. The van der Waals surface area contributed by atoms with E-state index in [0.29, 0.717) is 23.0 Å². The van der Waals surface area contributed by atoms with Gasteiger partial charge in [0.15, 0.2) is 0 Å². The molecule has 0 aliphatic heterocycles. The van der Waals surface area contributed by atoms with Crippen LogP contribution in [0.5, 0.6) is 0 Å². The number of halogens is 3. The Morgan fingerprint density at radius 2 is 1.77 bits per heavy atom. The van der Waals surface area contributed by atoms with Gasteiger partial charge in [-0.05, 0) is 46.2 Å². The molecule has 0 aliphatic carbocycles. The molecule has 0 radical (unpaired) electrons. The van der Waals surface area contributed by atoms with E-state index >= 15 is 0 Å². The van der Waals surface area contributed by atoms with Crippen molar-refractivity contribution in [1.29, 1.82) is 0 Å². The number of hydrogen-bond donors (Lipinski definition) is 1. The van der Waals surface area contributed by atoms with Crippen molar-refractivity contribution in [2.24, 2.45) is 0 Å². The Morgan fingerprint density at radius 1 is 1.03 bits per heavy atom. The summed E-state index contributed by atoms with van der Waals surface area (Å²) in [6, 6.07) is 6.93. The quantitative estimate of drug-likeness (QED) is 0.422. The van der Waals surface area contributed by atoms with Gasteiger partial charge in [-0.25, -0.2) is 0 Å². The van der Waals surface area contributed by atoms with Gasteiger partial charge in [-0.15, -0.1) is 0 Å². The van der Waals surface area contributed by atoms with Crippen LogP contribution in [0, 0.1) is 0 Å². The van der Waals surface area contributed by atoms with Crippen molar-refractivity contribution in [3.05, 3.63) is 58.9 Å². The molecule has 0 atom stereocenters. The second kappa shape index (κ2) is 6.86. The summed E-state index contributed by atoms with van der Waals surface area (Å²) in [7, 11) is 0. The molecule has 0 saturated carbocycles. The molecule has 2 aromatic heterocycles. The molecule has 0 unspecified atom stereocenters. The Balaban J connectivity index is 1.87. The van der Waals surface area contributed by atoms with Crippen molar-refractivity contribution in [2.75, 3.05) is 0 Å². The fraction of sp³-hybridized carbons (Fsp3) is 0.391. The molecule has 4 rings (SSSR count). The SMILES string of the molecule is CC(C)c1c(C(F)(F)F)ccc2c1cnn2Cc1cc(C(C)(C)C)cc2[nH]ncc12. The average molecular weight is 414 g/mol. The molecule has 1 N–H and O–H groups in total. The molecule has 0 spiro atoms. The van der Waals surface area contributed by atoms with E-state index in [2.05, 4.69) is 48.2 Å². The fourth-order valence-electron chi connectivity index (χ4n) is 4.02. The van der Waals surface area contributed by atoms with Gasteiger partial charge in [-0.1, -0.05) is 40.7 Å². The minimum atomic E-state index is -4.39. The largest absolute Gasteiger partial charge is 0.416 e. The summed E-state index contributed by atoms with van der Waals surface area (Å²) >= 11 is 0. The third-order valence-corrected chi connectivity index (χ3v) is 5.58. The van der Waals surface area contributed by atoms with E-state index in [9.17, 15) is 13.2 Å². The summed E-state index contributed by atoms with van der Waals surface area (Å²) in [6.45, 7) is 10.4. The number of nitrogens with one attached hydrogen (secondary N) is 1. The van der Waals surface area contributed by atoms with Gasteiger partial charge in [0.1, 0.15) is 0 Å². The van der Waals surface area contributed by atoms with Crippen LogP contribution in [-0.2, 0) is 18.1 Å². The third-order valence-electron chi connectivity index (χ3n) is 5.58. The number of aromatic nitrogens is 4. The van der Waals surface area contributed by atoms with Gasteiger partial charge in [0.25, 0.3) is 0 Å². The molecular formula is C23H25F3N4. The maximum atomic E-state index is 13.5. The summed E-state index contributed by atoms with van der Waals surface area (Å²) in [6.07, 6.45) is -1.05. The summed E-state index contributed by atoms with van der Waals surface area (Å²) in [5.74, 6) is -0.271.